The van der Waals surface area contributed by atoms with Crippen molar-refractivity contribution < 1.29 is 5.11 Å². The molecule has 0 fully saturated rings. The molecule has 4 aromatic rings. The minimum absolute atomic E-state index is 0.277. The number of nitrogens with one attached hydrogen (secondary N) is 3. The number of aryl methyl sites for hydroxylation is 1. The number of H-pyrrole nitrogens is 2. The first kappa shape index (κ1) is 14.4. The summed E-state index contributed by atoms with van der Waals surface area (Å²) in [6, 6.07) is 15.5. The largest absolute Gasteiger partial charge is 0.508 e. The van der Waals surface area contributed by atoms with Crippen molar-refractivity contribution in [3.63, 3.8) is 0 Å². The number of anilines is 2. The van der Waals surface area contributed by atoms with Crippen LogP contribution in [0.5, 0.6) is 5.75 Å². The van der Waals surface area contributed by atoms with E-state index in [0.29, 0.717) is 0 Å². The van der Waals surface area contributed by atoms with E-state index in [1.165, 1.54) is 0 Å². The summed E-state index contributed by atoms with van der Waals surface area (Å²) in [6.45, 7) is 2.06. The van der Waals surface area contributed by atoms with Gasteiger partial charge in [0.25, 0.3) is 0 Å². The molecule has 2 aromatic carbocycles. The molecule has 4 N–H and O–H groups in total. The SMILES string of the molecule is CCc1cc(O)ccc1Nc1cc(-c2c[nH]c3ccccc23)[nH]n1. The molecule has 0 spiro atoms. The monoisotopic (exact) mass is 318 g/mol. The average Bonchev–Trinajstić information content (AvgIpc) is 3.23. The van der Waals surface area contributed by atoms with Crippen molar-refractivity contribution in [3.05, 3.63) is 60.3 Å². The van der Waals surface area contributed by atoms with Crippen molar-refractivity contribution in [3.8, 4) is 17.0 Å². The summed E-state index contributed by atoms with van der Waals surface area (Å²) in [7, 11) is 0. The standard InChI is InChI=1S/C19H18N4O/c1-2-12-9-13(24)7-8-16(12)21-19-10-18(22-23-19)15-11-20-17-6-4-3-5-14(15)17/h3-11,20,24H,2H2,1H3,(H2,21,22,23). The molecule has 0 aliphatic carbocycles. The van der Waals surface area contributed by atoms with Gasteiger partial charge in [-0.3, -0.25) is 5.10 Å². The molecule has 0 amide bonds. The summed E-state index contributed by atoms with van der Waals surface area (Å²) in [5.41, 5.74) is 5.14. The van der Waals surface area contributed by atoms with Crippen LogP contribution in [0.1, 0.15) is 12.5 Å². The second kappa shape index (κ2) is 5.77. The highest BCUT2D eigenvalue weighted by atomic mass is 16.3. The second-order valence-corrected chi connectivity index (χ2v) is 5.73. The average molecular weight is 318 g/mol. The van der Waals surface area contributed by atoms with Crippen molar-refractivity contribution >= 4 is 22.4 Å². The lowest BCUT2D eigenvalue weighted by atomic mass is 10.1. The zero-order valence-corrected chi connectivity index (χ0v) is 13.3. The van der Waals surface area contributed by atoms with Gasteiger partial charge in [-0.2, -0.15) is 5.10 Å². The van der Waals surface area contributed by atoms with Crippen LogP contribution in [0, 0.1) is 0 Å². The fourth-order valence-electron chi connectivity index (χ4n) is 2.95. The van der Waals surface area contributed by atoms with Crippen LogP contribution in [0.2, 0.25) is 0 Å². The van der Waals surface area contributed by atoms with Crippen LogP contribution in [0.25, 0.3) is 22.2 Å². The third kappa shape index (κ3) is 2.50. The lowest BCUT2D eigenvalue weighted by molar-refractivity contribution is 0.474. The van der Waals surface area contributed by atoms with Crippen LogP contribution >= 0.6 is 0 Å². The Kier molecular flexibility index (Phi) is 3.46. The quantitative estimate of drug-likeness (QED) is 0.416. The molecule has 0 aliphatic rings. The van der Waals surface area contributed by atoms with Crippen LogP contribution in [-0.2, 0) is 6.42 Å². The number of aromatic nitrogens is 3. The fraction of sp³-hybridized carbons (Fsp3) is 0.105. The number of para-hydroxylation sites is 1. The zero-order chi connectivity index (χ0) is 16.5. The molecule has 0 bridgehead atoms. The van der Waals surface area contributed by atoms with Gasteiger partial charge in [-0.25, -0.2) is 0 Å². The van der Waals surface area contributed by atoms with Gasteiger partial charge in [-0.05, 0) is 36.2 Å². The van der Waals surface area contributed by atoms with Gasteiger partial charge in [0.1, 0.15) is 5.75 Å². The van der Waals surface area contributed by atoms with Crippen molar-refractivity contribution in [2.24, 2.45) is 0 Å². The van der Waals surface area contributed by atoms with Crippen LogP contribution in [-0.4, -0.2) is 20.3 Å². The Morgan fingerprint density at radius 2 is 2.00 bits per heavy atom. The Balaban J connectivity index is 1.66. The van der Waals surface area contributed by atoms with E-state index in [-0.39, 0.29) is 5.75 Å². The molecule has 2 heterocycles. The van der Waals surface area contributed by atoms with Crippen LogP contribution in [0.4, 0.5) is 11.5 Å². The van der Waals surface area contributed by atoms with E-state index in [9.17, 15) is 5.11 Å². The number of phenols is 1. The molecular formula is C19H18N4O. The van der Waals surface area contributed by atoms with E-state index in [0.717, 1.165) is 45.6 Å². The number of rotatable bonds is 4. The number of aromatic hydroxyl groups is 1. The Morgan fingerprint density at radius 1 is 1.12 bits per heavy atom. The number of aromatic amines is 2. The molecule has 5 heteroatoms. The third-order valence-electron chi connectivity index (χ3n) is 4.19. The van der Waals surface area contributed by atoms with Gasteiger partial charge in [0.2, 0.25) is 0 Å². The zero-order valence-electron chi connectivity index (χ0n) is 13.3. The van der Waals surface area contributed by atoms with Gasteiger partial charge in [0.15, 0.2) is 5.82 Å². The molecule has 0 radical (unpaired) electrons. The molecule has 0 saturated carbocycles. The van der Waals surface area contributed by atoms with Crippen molar-refractivity contribution in [1.82, 2.24) is 15.2 Å². The van der Waals surface area contributed by atoms with Gasteiger partial charge in [-0.1, -0.05) is 25.1 Å². The van der Waals surface area contributed by atoms with Crippen LogP contribution in [0.15, 0.2) is 54.7 Å². The fourth-order valence-corrected chi connectivity index (χ4v) is 2.95. The molecule has 2 aromatic heterocycles. The molecule has 0 aliphatic heterocycles. The Bertz CT molecular complexity index is 999. The minimum Gasteiger partial charge on any atom is -0.508 e. The molecule has 0 unspecified atom stereocenters. The van der Waals surface area contributed by atoms with E-state index < -0.39 is 0 Å². The molecule has 120 valence electrons. The lowest BCUT2D eigenvalue weighted by Gasteiger charge is -2.08. The number of benzene rings is 2. The Labute approximate surface area is 139 Å². The van der Waals surface area contributed by atoms with E-state index >= 15 is 0 Å². The van der Waals surface area contributed by atoms with E-state index in [2.05, 4.69) is 39.6 Å². The summed E-state index contributed by atoms with van der Waals surface area (Å²) in [5.74, 6) is 1.02. The maximum absolute atomic E-state index is 9.61. The summed E-state index contributed by atoms with van der Waals surface area (Å²) in [6.07, 6.45) is 2.82. The highest BCUT2D eigenvalue weighted by Crippen LogP contribution is 2.30. The summed E-state index contributed by atoms with van der Waals surface area (Å²) >= 11 is 0. The molecule has 0 saturated heterocycles. The molecular weight excluding hydrogens is 300 g/mol. The van der Waals surface area contributed by atoms with Gasteiger partial charge >= 0.3 is 0 Å². The minimum atomic E-state index is 0.277. The maximum atomic E-state index is 9.61. The summed E-state index contributed by atoms with van der Waals surface area (Å²) < 4.78 is 0. The van der Waals surface area contributed by atoms with E-state index in [4.69, 9.17) is 0 Å². The topological polar surface area (TPSA) is 76.7 Å². The first-order valence-electron chi connectivity index (χ1n) is 7.95. The van der Waals surface area contributed by atoms with Crippen molar-refractivity contribution in [1.29, 1.82) is 0 Å². The lowest BCUT2D eigenvalue weighted by Crippen LogP contribution is -1.95. The van der Waals surface area contributed by atoms with Gasteiger partial charge in [0.05, 0.1) is 5.69 Å². The van der Waals surface area contributed by atoms with Gasteiger partial charge in [0, 0.05) is 34.4 Å². The first-order valence-corrected chi connectivity index (χ1v) is 7.95. The normalized spacial score (nSPS) is 11.0. The summed E-state index contributed by atoms with van der Waals surface area (Å²) in [4.78, 5) is 3.27. The van der Waals surface area contributed by atoms with E-state index in [1.54, 1.807) is 12.1 Å². The Morgan fingerprint density at radius 3 is 2.88 bits per heavy atom. The summed E-state index contributed by atoms with van der Waals surface area (Å²) in [5, 5.41) is 21.5. The molecule has 5 nitrogen and oxygen atoms in total. The molecule has 4 rings (SSSR count). The van der Waals surface area contributed by atoms with Crippen molar-refractivity contribution in [2.45, 2.75) is 13.3 Å². The van der Waals surface area contributed by atoms with Gasteiger partial charge in [-0.15, -0.1) is 0 Å². The Hall–Kier alpha value is -3.21. The number of hydrogen-bond donors (Lipinski definition) is 4. The predicted octanol–water partition coefficient (Wildman–Crippen LogP) is 4.57. The second-order valence-electron chi connectivity index (χ2n) is 5.73. The van der Waals surface area contributed by atoms with Crippen LogP contribution < -0.4 is 5.32 Å². The number of hydrogen-bond acceptors (Lipinski definition) is 3. The molecule has 0 atom stereocenters. The third-order valence-corrected chi connectivity index (χ3v) is 4.19. The number of nitrogens with zero attached hydrogens (tertiary/aromatic N) is 1. The van der Waals surface area contributed by atoms with Crippen molar-refractivity contribution in [2.75, 3.05) is 5.32 Å². The highest BCUT2D eigenvalue weighted by Gasteiger charge is 2.10. The van der Waals surface area contributed by atoms with Gasteiger partial charge < -0.3 is 15.4 Å². The van der Waals surface area contributed by atoms with Crippen LogP contribution in [0.3, 0.4) is 0 Å². The van der Waals surface area contributed by atoms with E-state index in [1.807, 2.05) is 30.5 Å². The highest BCUT2D eigenvalue weighted by molar-refractivity contribution is 5.94. The number of fused-ring (bicyclic) bond motifs is 1. The number of phenolic OH excluding ortho intramolecular Hbond substituents is 1. The maximum Gasteiger partial charge on any atom is 0.152 e. The smallest absolute Gasteiger partial charge is 0.152 e. The molecule has 24 heavy (non-hydrogen) atoms. The predicted molar refractivity (Wildman–Crippen MR) is 96.6 cm³/mol. The first-order chi connectivity index (χ1) is 11.7.